The highest BCUT2D eigenvalue weighted by Gasteiger charge is 2.32. The maximum atomic E-state index is 12.8. The van der Waals surface area contributed by atoms with Gasteiger partial charge < -0.3 is 4.74 Å². The minimum absolute atomic E-state index is 0.428. The van der Waals surface area contributed by atoms with Crippen molar-refractivity contribution in [1.82, 2.24) is 5.01 Å². The van der Waals surface area contributed by atoms with E-state index in [4.69, 9.17) is 4.74 Å². The lowest BCUT2D eigenvalue weighted by Crippen LogP contribution is -2.36. The third-order valence-corrected chi connectivity index (χ3v) is 4.87. The molecule has 4 rings (SSSR count). The third kappa shape index (κ3) is 2.59. The van der Waals surface area contributed by atoms with E-state index in [1.807, 2.05) is 12.1 Å². The number of hydrogen-bond donors (Lipinski definition) is 0. The molecule has 3 aromatic rings. The van der Waals surface area contributed by atoms with E-state index in [1.165, 1.54) is 6.21 Å². The molecule has 0 fully saturated rings. The lowest BCUT2D eigenvalue weighted by molar-refractivity contribution is 0.0616. The van der Waals surface area contributed by atoms with Crippen molar-refractivity contribution in [3.63, 3.8) is 0 Å². The fourth-order valence-electron chi connectivity index (χ4n) is 3.01. The van der Waals surface area contributed by atoms with Gasteiger partial charge in [-0.1, -0.05) is 24.3 Å². The topological polar surface area (TPSA) is 59.0 Å². The Morgan fingerprint density at radius 2 is 1.65 bits per heavy atom. The van der Waals surface area contributed by atoms with Crippen LogP contribution in [-0.2, 0) is 0 Å². The van der Waals surface area contributed by atoms with Gasteiger partial charge >= 0.3 is 0 Å². The van der Waals surface area contributed by atoms with Gasteiger partial charge in [-0.25, -0.2) is 0 Å². The maximum absolute atomic E-state index is 12.8. The molecule has 0 aromatic heterocycles. The first kappa shape index (κ1) is 16.5. The van der Waals surface area contributed by atoms with Crippen LogP contribution in [0.4, 0.5) is 0 Å². The predicted octanol–water partition coefficient (Wildman–Crippen LogP) is 4.24. The Kier molecular flexibility index (Phi) is 4.05. The highest BCUT2D eigenvalue weighted by atomic mass is 79.9. The zero-order valence-electron chi connectivity index (χ0n) is 13.8. The lowest BCUT2D eigenvalue weighted by Gasteiger charge is -2.23. The monoisotopic (exact) mass is 408 g/mol. The van der Waals surface area contributed by atoms with Crippen molar-refractivity contribution < 1.29 is 14.3 Å². The fraction of sp³-hybridized carbons (Fsp3) is 0.0500. The number of carbonyl (C=O) groups is 2. The first-order valence-electron chi connectivity index (χ1n) is 7.88. The van der Waals surface area contributed by atoms with Crippen LogP contribution in [-0.4, -0.2) is 30.1 Å². The number of hydrazone groups is 1. The molecule has 0 saturated heterocycles. The van der Waals surface area contributed by atoms with E-state index < -0.39 is 11.8 Å². The SMILES string of the molecule is COc1ccc(/C=N/N2C(=O)c3cccc4cccc(c34)C2=O)cc1Br. The Morgan fingerprint density at radius 1 is 1.00 bits per heavy atom. The number of rotatable bonds is 3. The van der Waals surface area contributed by atoms with Crippen molar-refractivity contribution in [3.05, 3.63) is 75.8 Å². The van der Waals surface area contributed by atoms with E-state index in [0.29, 0.717) is 22.3 Å². The van der Waals surface area contributed by atoms with Gasteiger partial charge in [-0.05, 0) is 57.2 Å². The first-order chi connectivity index (χ1) is 12.6. The summed E-state index contributed by atoms with van der Waals surface area (Å²) < 4.78 is 5.95. The number of amides is 2. The summed E-state index contributed by atoms with van der Waals surface area (Å²) in [5, 5.41) is 6.61. The number of methoxy groups -OCH3 is 1. The third-order valence-electron chi connectivity index (χ3n) is 4.25. The van der Waals surface area contributed by atoms with Crippen LogP contribution >= 0.6 is 15.9 Å². The number of carbonyl (C=O) groups excluding carboxylic acids is 2. The predicted molar refractivity (Wildman–Crippen MR) is 103 cm³/mol. The van der Waals surface area contributed by atoms with Crippen LogP contribution in [0.25, 0.3) is 10.8 Å². The van der Waals surface area contributed by atoms with Crippen molar-refractivity contribution in [2.45, 2.75) is 0 Å². The van der Waals surface area contributed by atoms with Gasteiger partial charge in [0.25, 0.3) is 11.8 Å². The van der Waals surface area contributed by atoms with E-state index in [9.17, 15) is 9.59 Å². The van der Waals surface area contributed by atoms with Gasteiger partial charge in [0.1, 0.15) is 5.75 Å². The second-order valence-corrected chi connectivity index (χ2v) is 6.62. The average Bonchev–Trinajstić information content (AvgIpc) is 2.66. The molecule has 5 nitrogen and oxygen atoms in total. The van der Waals surface area contributed by atoms with Crippen LogP contribution in [0.1, 0.15) is 26.3 Å². The number of ether oxygens (including phenoxy) is 1. The molecule has 0 bridgehead atoms. The van der Waals surface area contributed by atoms with Crippen molar-refractivity contribution >= 4 is 44.7 Å². The first-order valence-corrected chi connectivity index (χ1v) is 8.67. The van der Waals surface area contributed by atoms with Gasteiger partial charge in [-0.3, -0.25) is 9.59 Å². The molecule has 0 radical (unpaired) electrons. The molecular formula is C20H13BrN2O3. The molecule has 6 heteroatoms. The number of halogens is 1. The zero-order chi connectivity index (χ0) is 18.3. The van der Waals surface area contributed by atoms with E-state index in [0.717, 1.165) is 20.4 Å². The lowest BCUT2D eigenvalue weighted by atomic mass is 9.95. The van der Waals surface area contributed by atoms with Crippen LogP contribution in [0.15, 0.2) is 64.2 Å². The summed E-state index contributed by atoms with van der Waals surface area (Å²) in [6, 6.07) is 16.2. The second kappa shape index (κ2) is 6.38. The summed E-state index contributed by atoms with van der Waals surface area (Å²) in [6.07, 6.45) is 1.48. The second-order valence-electron chi connectivity index (χ2n) is 5.77. The highest BCUT2D eigenvalue weighted by Crippen LogP contribution is 2.30. The molecule has 0 unspecified atom stereocenters. The summed E-state index contributed by atoms with van der Waals surface area (Å²) in [5.41, 5.74) is 1.69. The number of nitrogens with zero attached hydrogens (tertiary/aromatic N) is 2. The minimum atomic E-state index is -0.428. The number of imide groups is 1. The molecule has 128 valence electrons. The highest BCUT2D eigenvalue weighted by molar-refractivity contribution is 9.10. The number of benzene rings is 3. The van der Waals surface area contributed by atoms with E-state index >= 15 is 0 Å². The molecule has 26 heavy (non-hydrogen) atoms. The van der Waals surface area contributed by atoms with Crippen molar-refractivity contribution in [3.8, 4) is 5.75 Å². The molecule has 0 N–H and O–H groups in total. The Morgan fingerprint density at radius 3 is 2.23 bits per heavy atom. The van der Waals surface area contributed by atoms with E-state index in [-0.39, 0.29) is 0 Å². The van der Waals surface area contributed by atoms with Crippen molar-refractivity contribution in [2.24, 2.45) is 5.10 Å². The van der Waals surface area contributed by atoms with Crippen LogP contribution < -0.4 is 4.74 Å². The molecule has 0 atom stereocenters. The summed E-state index contributed by atoms with van der Waals surface area (Å²) in [6.45, 7) is 0. The summed E-state index contributed by atoms with van der Waals surface area (Å²) in [4.78, 5) is 25.5. The zero-order valence-corrected chi connectivity index (χ0v) is 15.4. The fourth-order valence-corrected chi connectivity index (χ4v) is 3.57. The number of hydrogen-bond acceptors (Lipinski definition) is 4. The Bertz CT molecular complexity index is 1040. The average molecular weight is 409 g/mol. The normalized spacial score (nSPS) is 13.7. The minimum Gasteiger partial charge on any atom is -0.496 e. The molecule has 2 amide bonds. The Labute approximate surface area is 158 Å². The molecular weight excluding hydrogens is 396 g/mol. The van der Waals surface area contributed by atoms with Crippen LogP contribution in [0.5, 0.6) is 5.75 Å². The van der Waals surface area contributed by atoms with Gasteiger partial charge in [0.05, 0.1) is 28.9 Å². The van der Waals surface area contributed by atoms with Crippen LogP contribution in [0.2, 0.25) is 0 Å². The molecule has 0 saturated carbocycles. The molecule has 3 aromatic carbocycles. The van der Waals surface area contributed by atoms with Gasteiger partial charge in [0.2, 0.25) is 0 Å². The quantitative estimate of drug-likeness (QED) is 0.480. The molecule has 0 aliphatic carbocycles. The summed E-state index contributed by atoms with van der Waals surface area (Å²) in [5.74, 6) is -0.167. The Balaban J connectivity index is 1.74. The van der Waals surface area contributed by atoms with Crippen molar-refractivity contribution in [1.29, 1.82) is 0 Å². The summed E-state index contributed by atoms with van der Waals surface area (Å²) >= 11 is 3.40. The maximum Gasteiger partial charge on any atom is 0.282 e. The Hall–Kier alpha value is -2.99. The van der Waals surface area contributed by atoms with E-state index in [2.05, 4.69) is 21.0 Å². The van der Waals surface area contributed by atoms with Gasteiger partial charge in [-0.2, -0.15) is 10.1 Å². The van der Waals surface area contributed by atoms with Gasteiger partial charge in [-0.15, -0.1) is 0 Å². The smallest absolute Gasteiger partial charge is 0.282 e. The van der Waals surface area contributed by atoms with Gasteiger partial charge in [0, 0.05) is 5.39 Å². The van der Waals surface area contributed by atoms with Crippen molar-refractivity contribution in [2.75, 3.05) is 7.11 Å². The van der Waals surface area contributed by atoms with E-state index in [1.54, 1.807) is 49.6 Å². The standard InChI is InChI=1S/C20H13BrN2O3/c1-26-17-9-8-12(10-16(17)21)11-22-23-19(24)14-6-2-4-13-5-3-7-15(18(13)14)20(23)25/h2-11H,1H3/b22-11+. The largest absolute Gasteiger partial charge is 0.496 e. The van der Waals surface area contributed by atoms with Crippen LogP contribution in [0, 0.1) is 0 Å². The van der Waals surface area contributed by atoms with Crippen LogP contribution in [0.3, 0.4) is 0 Å². The molecule has 1 heterocycles. The summed E-state index contributed by atoms with van der Waals surface area (Å²) in [7, 11) is 1.58. The molecule has 1 aliphatic heterocycles. The van der Waals surface area contributed by atoms with Gasteiger partial charge in [0.15, 0.2) is 0 Å². The molecule has 0 spiro atoms. The molecule has 1 aliphatic rings.